The molecule has 6 nitrogen and oxygen atoms in total. The zero-order chi connectivity index (χ0) is 41.1. The first-order valence-corrected chi connectivity index (χ1v) is 14.0. The van der Waals surface area contributed by atoms with E-state index in [0.29, 0.717) is 0 Å². The molecule has 0 fully saturated rings. The van der Waals surface area contributed by atoms with Gasteiger partial charge in [-0.15, -0.1) is 0 Å². The van der Waals surface area contributed by atoms with E-state index in [2.05, 4.69) is 0 Å². The van der Waals surface area contributed by atoms with Crippen molar-refractivity contribution in [3.05, 3.63) is 3.91 Å². The van der Waals surface area contributed by atoms with Crippen molar-refractivity contribution in [2.75, 3.05) is 0 Å². The molecule has 0 saturated heterocycles. The van der Waals surface area contributed by atoms with Gasteiger partial charge in [0.25, 0.3) is 29.5 Å². The number of hydrogen-bond donors (Lipinski definition) is 0. The molecular weight excluding hydrogens is 861 g/mol. The van der Waals surface area contributed by atoms with E-state index in [1.54, 1.807) is 0 Å². The van der Waals surface area contributed by atoms with Crippen LogP contribution in [0.1, 0.15) is 0 Å². The van der Waals surface area contributed by atoms with Gasteiger partial charge in [0.1, 0.15) is 0 Å². The topological polar surface area (TPSA) is 102 Å². The summed E-state index contributed by atoms with van der Waals surface area (Å²) in [6.45, 7) is 0. The predicted molar refractivity (Wildman–Crippen MR) is 92.7 cm³/mol. The summed E-state index contributed by atoms with van der Waals surface area (Å²) >= 11 is 0. The number of alkyl halides is 27. The maximum atomic E-state index is 14.1. The van der Waals surface area contributed by atoms with Crippen molar-refractivity contribution >= 4 is 29.5 Å². The normalized spacial score (nSPS) is 17.1. The molecule has 0 aliphatic carbocycles. The fourth-order valence-electron chi connectivity index (χ4n) is 2.34. The summed E-state index contributed by atoms with van der Waals surface area (Å²) in [5.41, 5.74) is 0. The Hall–Kier alpha value is -2.04. The SMILES string of the molecule is O=S(=O)([C](S(=O)(=O)C(F)(F)C(F)(F)C(F)(F)C(F)(F)F)S(=O)(=O)C(F)(F)C(F)(F)C(F)(F)C(F)(F)F)C(F)(F)C(F)(F)C(F)(F)C(F)(F)F. The molecule has 0 aromatic heterocycles. The lowest BCUT2D eigenvalue weighted by Gasteiger charge is -2.38. The molecule has 0 spiro atoms. The summed E-state index contributed by atoms with van der Waals surface area (Å²) in [4.78, 5) is 0. The Balaban J connectivity index is 8.90. The molecule has 1 radical (unpaired) electrons. The Labute approximate surface area is 247 Å². The highest BCUT2D eigenvalue weighted by Crippen LogP contribution is 2.64. The summed E-state index contributed by atoms with van der Waals surface area (Å²) in [5.74, 6) is -55.2. The van der Waals surface area contributed by atoms with Crippen LogP contribution in [-0.2, 0) is 29.5 Å². The van der Waals surface area contributed by atoms with Crippen LogP contribution in [-0.4, -0.2) is 95.1 Å². The lowest BCUT2D eigenvalue weighted by atomic mass is 10.1. The zero-order valence-corrected chi connectivity index (χ0v) is 22.8. The van der Waals surface area contributed by atoms with Gasteiger partial charge in [-0.1, -0.05) is 0 Å². The van der Waals surface area contributed by atoms with Crippen molar-refractivity contribution in [3.63, 3.8) is 0 Å². The molecule has 0 saturated carbocycles. The molecule has 0 atom stereocenters. The number of hydrogen-bond acceptors (Lipinski definition) is 6. The van der Waals surface area contributed by atoms with Crippen molar-refractivity contribution in [1.82, 2.24) is 0 Å². The van der Waals surface area contributed by atoms with Gasteiger partial charge in [0.05, 0.1) is 0 Å². The van der Waals surface area contributed by atoms with Gasteiger partial charge in [0.15, 0.2) is 0 Å². The van der Waals surface area contributed by atoms with E-state index in [9.17, 15) is 144 Å². The van der Waals surface area contributed by atoms with Gasteiger partial charge in [-0.2, -0.15) is 119 Å². The second kappa shape index (κ2) is 11.2. The maximum Gasteiger partial charge on any atom is 0.460 e. The minimum atomic E-state index is -10.9. The molecule has 0 bridgehead atoms. The minimum Gasteiger partial charge on any atom is -0.219 e. The third-order valence-corrected chi connectivity index (χ3v) is 13.1. The van der Waals surface area contributed by atoms with Crippen LogP contribution in [0.2, 0.25) is 0 Å². The zero-order valence-electron chi connectivity index (χ0n) is 20.4. The van der Waals surface area contributed by atoms with Crippen LogP contribution in [0.5, 0.6) is 0 Å². The Morgan fingerprint density at radius 3 is 0.469 bits per heavy atom. The van der Waals surface area contributed by atoms with Gasteiger partial charge in [-0.25, -0.2) is 25.3 Å². The Morgan fingerprint density at radius 2 is 0.367 bits per heavy atom. The molecule has 0 aliphatic heterocycles. The van der Waals surface area contributed by atoms with E-state index in [-0.39, 0.29) is 0 Å². The smallest absolute Gasteiger partial charge is 0.219 e. The molecule has 0 heterocycles. The first-order valence-electron chi connectivity index (χ1n) is 9.58. The molecule has 0 unspecified atom stereocenters. The van der Waals surface area contributed by atoms with Gasteiger partial charge in [-0.05, 0) is 0 Å². The number of rotatable bonds is 12. The minimum absolute atomic E-state index is 7.14. The fourth-order valence-corrected chi connectivity index (χ4v) is 9.71. The highest BCUT2D eigenvalue weighted by atomic mass is 32.3. The first-order chi connectivity index (χ1) is 20.4. The summed E-state index contributed by atoms with van der Waals surface area (Å²) in [6, 6.07) is 0. The molecule has 0 aliphatic rings. The maximum absolute atomic E-state index is 14.1. The lowest BCUT2D eigenvalue weighted by molar-refractivity contribution is -0.382. The van der Waals surface area contributed by atoms with E-state index in [0.717, 1.165) is 0 Å². The van der Waals surface area contributed by atoms with E-state index >= 15 is 0 Å². The van der Waals surface area contributed by atoms with Crippen molar-refractivity contribution < 1.29 is 144 Å². The average Bonchev–Trinajstić information content (AvgIpc) is 2.80. The van der Waals surface area contributed by atoms with E-state index in [1.807, 2.05) is 0 Å². The van der Waals surface area contributed by atoms with E-state index in [1.165, 1.54) is 0 Å². The molecule has 36 heteroatoms. The number of halogens is 27. The molecule has 0 rings (SSSR count). The molecule has 0 aromatic carbocycles. The summed E-state index contributed by atoms with van der Waals surface area (Å²) in [7, 11) is -32.6. The third-order valence-electron chi connectivity index (χ3n) is 5.02. The monoisotopic (exact) mass is 861 g/mol. The largest absolute Gasteiger partial charge is 0.460 e. The van der Waals surface area contributed by atoms with Crippen LogP contribution in [0.25, 0.3) is 0 Å². The molecule has 49 heavy (non-hydrogen) atoms. The van der Waals surface area contributed by atoms with Gasteiger partial charge in [0.2, 0.25) is 0 Å². The standard InChI is InChI=1S/C13F27O6S3/c14-2(15,8(26,27)28)5(20,21)11(35,36)47(41,42)1(48(43,44)12(37,38)6(22,23)3(16,17)9(29,30)31)49(45,46)13(39,40)7(24,25)4(18,19)10(32,33)34. The molecular formula is C13F27O6S3. The van der Waals surface area contributed by atoms with Crippen LogP contribution < -0.4 is 0 Å². The average molecular weight is 861 g/mol. The Bertz CT molecular complexity index is 1400. The Kier molecular flexibility index (Phi) is 10.8. The van der Waals surface area contributed by atoms with Crippen molar-refractivity contribution in [2.24, 2.45) is 0 Å². The van der Waals surface area contributed by atoms with E-state index in [4.69, 9.17) is 0 Å². The van der Waals surface area contributed by atoms with Crippen molar-refractivity contribution in [1.29, 1.82) is 0 Å². The summed E-state index contributed by atoms with van der Waals surface area (Å²) < 4.78 is 420. The quantitative estimate of drug-likeness (QED) is 0.197. The van der Waals surface area contributed by atoms with Crippen LogP contribution in [0, 0.1) is 3.91 Å². The van der Waals surface area contributed by atoms with Gasteiger partial charge in [-0.3, -0.25) is 0 Å². The molecule has 295 valence electrons. The Morgan fingerprint density at radius 1 is 0.245 bits per heavy atom. The van der Waals surface area contributed by atoms with Gasteiger partial charge < -0.3 is 0 Å². The lowest BCUT2D eigenvalue weighted by Crippen LogP contribution is -2.69. The summed E-state index contributed by atoms with van der Waals surface area (Å²) in [6.07, 6.45) is -25.4. The van der Waals surface area contributed by atoms with Crippen LogP contribution in [0.3, 0.4) is 0 Å². The van der Waals surface area contributed by atoms with Crippen molar-refractivity contribution in [3.8, 4) is 0 Å². The van der Waals surface area contributed by atoms with Crippen LogP contribution in [0.15, 0.2) is 0 Å². The van der Waals surface area contributed by atoms with Crippen LogP contribution in [0.4, 0.5) is 119 Å². The first kappa shape index (κ1) is 47.0. The predicted octanol–water partition coefficient (Wildman–Crippen LogP) is 6.95. The summed E-state index contributed by atoms with van der Waals surface area (Å²) in [5, 5.41) is -28.9. The third kappa shape index (κ3) is 5.78. The number of sulfone groups is 3. The van der Waals surface area contributed by atoms with Crippen molar-refractivity contribution in [2.45, 2.75) is 69.8 Å². The highest BCUT2D eigenvalue weighted by Gasteiger charge is 2.94. The molecule has 0 amide bonds. The fraction of sp³-hybridized carbons (Fsp3) is 0.923. The van der Waals surface area contributed by atoms with E-state index < -0.39 is 103 Å². The van der Waals surface area contributed by atoms with Gasteiger partial charge >= 0.3 is 73.7 Å². The second-order valence-corrected chi connectivity index (χ2v) is 14.8. The van der Waals surface area contributed by atoms with Gasteiger partial charge in [0, 0.05) is 0 Å². The molecule has 0 N–H and O–H groups in total. The molecule has 0 aromatic rings. The highest BCUT2D eigenvalue weighted by molar-refractivity contribution is 8.29. The van der Waals surface area contributed by atoms with Crippen LogP contribution >= 0.6 is 0 Å². The second-order valence-electron chi connectivity index (χ2n) is 8.25.